The Hall–Kier alpha value is -0.900. The summed E-state index contributed by atoms with van der Waals surface area (Å²) in [6.07, 6.45) is 0. The number of nitrogens with zero attached hydrogens (tertiary/aromatic N) is 1. The van der Waals surface area contributed by atoms with E-state index in [1.807, 2.05) is 0 Å². The minimum Gasteiger partial charge on any atom is -0.383 e. The summed E-state index contributed by atoms with van der Waals surface area (Å²) in [7, 11) is -1.78. The summed E-state index contributed by atoms with van der Waals surface area (Å²) >= 11 is 0. The summed E-state index contributed by atoms with van der Waals surface area (Å²) in [5, 5.41) is 5.04. The lowest BCUT2D eigenvalue weighted by Gasteiger charge is -2.26. The second-order valence-corrected chi connectivity index (χ2v) is 6.09. The van der Waals surface area contributed by atoms with E-state index in [9.17, 15) is 13.2 Å². The molecule has 0 atom stereocenters. The van der Waals surface area contributed by atoms with E-state index in [-0.39, 0.29) is 12.3 Å². The number of nitrogens with one attached hydrogen (secondary N) is 2. The minimum absolute atomic E-state index is 0.0819. The van der Waals surface area contributed by atoms with Crippen molar-refractivity contribution in [2.75, 3.05) is 58.9 Å². The lowest BCUT2D eigenvalue weighted by Crippen LogP contribution is -2.45. The summed E-state index contributed by atoms with van der Waals surface area (Å²) in [5.41, 5.74) is 0. The highest BCUT2D eigenvalue weighted by Crippen LogP contribution is 2.04. The van der Waals surface area contributed by atoms with Crippen LogP contribution in [0.25, 0.3) is 0 Å². The zero-order valence-corrected chi connectivity index (χ0v) is 11.9. The van der Waals surface area contributed by atoms with E-state index < -0.39 is 16.1 Å². The van der Waals surface area contributed by atoms with Gasteiger partial charge in [0.1, 0.15) is 0 Å². The fourth-order valence-corrected chi connectivity index (χ4v) is 2.90. The van der Waals surface area contributed by atoms with Gasteiger partial charge in [0.25, 0.3) is 0 Å². The maximum Gasteiger partial charge on any atom is 0.314 e. The maximum absolute atomic E-state index is 11.9. The first-order chi connectivity index (χ1) is 9.06. The average molecular weight is 295 g/mol. The van der Waals surface area contributed by atoms with E-state index in [1.165, 1.54) is 11.4 Å². The van der Waals surface area contributed by atoms with Crippen molar-refractivity contribution in [2.45, 2.75) is 0 Å². The van der Waals surface area contributed by atoms with Gasteiger partial charge in [-0.05, 0) is 0 Å². The van der Waals surface area contributed by atoms with Gasteiger partial charge in [0.05, 0.1) is 25.6 Å². The molecule has 1 saturated heterocycles. The van der Waals surface area contributed by atoms with Crippen molar-refractivity contribution in [2.24, 2.45) is 0 Å². The second-order valence-electron chi connectivity index (χ2n) is 4.00. The van der Waals surface area contributed by atoms with Crippen LogP contribution in [0.15, 0.2) is 0 Å². The van der Waals surface area contributed by atoms with E-state index in [0.717, 1.165) is 0 Å². The molecule has 0 bridgehead atoms. The first-order valence-corrected chi connectivity index (χ1v) is 7.73. The standard InChI is InChI=1S/C10H21N3O5S/c1-17-6-2-11-10(14)12-3-9-19(15,16)13-4-7-18-8-5-13/h2-9H2,1H3,(H2,11,12,14). The van der Waals surface area contributed by atoms with E-state index in [4.69, 9.17) is 9.47 Å². The van der Waals surface area contributed by atoms with Crippen LogP contribution >= 0.6 is 0 Å². The average Bonchev–Trinajstić information content (AvgIpc) is 2.40. The third-order valence-electron chi connectivity index (χ3n) is 2.60. The number of amides is 2. The smallest absolute Gasteiger partial charge is 0.314 e. The van der Waals surface area contributed by atoms with Crippen molar-refractivity contribution in [3.05, 3.63) is 0 Å². The van der Waals surface area contributed by atoms with Gasteiger partial charge in [0, 0.05) is 33.3 Å². The molecule has 1 rings (SSSR count). The summed E-state index contributed by atoms with van der Waals surface area (Å²) in [6, 6.07) is -0.394. The molecule has 1 heterocycles. The number of morpholine rings is 1. The number of hydrogen-bond donors (Lipinski definition) is 2. The van der Waals surface area contributed by atoms with Crippen molar-refractivity contribution in [3.8, 4) is 0 Å². The molecule has 1 aliphatic rings. The van der Waals surface area contributed by atoms with Gasteiger partial charge in [0.15, 0.2) is 0 Å². The monoisotopic (exact) mass is 295 g/mol. The zero-order chi connectivity index (χ0) is 14.1. The predicted octanol–water partition coefficient (Wildman–Crippen LogP) is -1.41. The van der Waals surface area contributed by atoms with Crippen LogP contribution in [0.2, 0.25) is 0 Å². The van der Waals surface area contributed by atoms with Gasteiger partial charge in [-0.1, -0.05) is 0 Å². The fourth-order valence-electron chi connectivity index (χ4n) is 1.58. The first-order valence-electron chi connectivity index (χ1n) is 6.12. The highest BCUT2D eigenvalue weighted by molar-refractivity contribution is 7.89. The number of ether oxygens (including phenoxy) is 2. The highest BCUT2D eigenvalue weighted by Gasteiger charge is 2.23. The van der Waals surface area contributed by atoms with Crippen molar-refractivity contribution < 1.29 is 22.7 Å². The Balaban J connectivity index is 2.21. The Kier molecular flexibility index (Phi) is 7.06. The second kappa shape index (κ2) is 8.31. The zero-order valence-electron chi connectivity index (χ0n) is 11.1. The Labute approximate surface area is 113 Å². The molecule has 112 valence electrons. The number of carbonyl (C=O) groups is 1. The summed E-state index contributed by atoms with van der Waals surface area (Å²) in [4.78, 5) is 11.3. The Bertz CT molecular complexity index is 367. The summed E-state index contributed by atoms with van der Waals surface area (Å²) in [5.74, 6) is -0.106. The van der Waals surface area contributed by atoms with Gasteiger partial charge >= 0.3 is 6.03 Å². The van der Waals surface area contributed by atoms with Gasteiger partial charge < -0.3 is 20.1 Å². The van der Waals surface area contributed by atoms with Crippen LogP contribution in [-0.2, 0) is 19.5 Å². The molecular formula is C10H21N3O5S. The molecule has 0 radical (unpaired) electrons. The van der Waals surface area contributed by atoms with Gasteiger partial charge in [-0.3, -0.25) is 0 Å². The molecule has 1 fully saturated rings. The summed E-state index contributed by atoms with van der Waals surface area (Å²) in [6.45, 7) is 2.48. The van der Waals surface area contributed by atoms with Crippen LogP contribution in [-0.4, -0.2) is 77.6 Å². The van der Waals surface area contributed by atoms with E-state index in [0.29, 0.717) is 39.5 Å². The van der Waals surface area contributed by atoms with Gasteiger partial charge in [-0.15, -0.1) is 0 Å². The quantitative estimate of drug-likeness (QED) is 0.563. The Morgan fingerprint density at radius 2 is 1.89 bits per heavy atom. The number of rotatable bonds is 7. The third kappa shape index (κ3) is 6.19. The maximum atomic E-state index is 11.9. The van der Waals surface area contributed by atoms with Crippen LogP contribution in [0.4, 0.5) is 4.79 Å². The topological polar surface area (TPSA) is 97.0 Å². The fraction of sp³-hybridized carbons (Fsp3) is 0.900. The molecule has 0 aromatic carbocycles. The first kappa shape index (κ1) is 16.2. The van der Waals surface area contributed by atoms with Crippen molar-refractivity contribution in [1.82, 2.24) is 14.9 Å². The third-order valence-corrected chi connectivity index (χ3v) is 4.47. The predicted molar refractivity (Wildman–Crippen MR) is 69.5 cm³/mol. The number of urea groups is 1. The molecule has 9 heteroatoms. The molecule has 0 aliphatic carbocycles. The van der Waals surface area contributed by atoms with Gasteiger partial charge in [0.2, 0.25) is 10.0 Å². The molecule has 19 heavy (non-hydrogen) atoms. The molecule has 2 N–H and O–H groups in total. The van der Waals surface area contributed by atoms with Crippen LogP contribution in [0.3, 0.4) is 0 Å². The van der Waals surface area contributed by atoms with Gasteiger partial charge in [-0.25, -0.2) is 13.2 Å². The summed E-state index contributed by atoms with van der Waals surface area (Å²) < 4.78 is 35.1. The van der Waals surface area contributed by atoms with Crippen molar-refractivity contribution in [1.29, 1.82) is 0 Å². The molecule has 0 spiro atoms. The minimum atomic E-state index is -3.32. The normalized spacial score (nSPS) is 17.1. The van der Waals surface area contributed by atoms with Crippen LogP contribution < -0.4 is 10.6 Å². The van der Waals surface area contributed by atoms with Gasteiger partial charge in [-0.2, -0.15) is 4.31 Å². The lowest BCUT2D eigenvalue weighted by atomic mass is 10.5. The number of sulfonamides is 1. The van der Waals surface area contributed by atoms with Crippen molar-refractivity contribution in [3.63, 3.8) is 0 Å². The lowest BCUT2D eigenvalue weighted by molar-refractivity contribution is 0.0730. The molecule has 0 aromatic rings. The molecule has 8 nitrogen and oxygen atoms in total. The Morgan fingerprint density at radius 3 is 2.53 bits per heavy atom. The number of carbonyl (C=O) groups excluding carboxylic acids is 1. The number of methoxy groups -OCH3 is 1. The number of hydrogen-bond acceptors (Lipinski definition) is 5. The van der Waals surface area contributed by atoms with Crippen molar-refractivity contribution >= 4 is 16.1 Å². The van der Waals surface area contributed by atoms with E-state index in [1.54, 1.807) is 0 Å². The largest absolute Gasteiger partial charge is 0.383 e. The van der Waals surface area contributed by atoms with E-state index in [2.05, 4.69) is 10.6 Å². The van der Waals surface area contributed by atoms with Crippen LogP contribution in [0.1, 0.15) is 0 Å². The molecule has 0 aromatic heterocycles. The SMILES string of the molecule is COCCNC(=O)NCCS(=O)(=O)N1CCOCC1. The molecule has 2 amide bonds. The molecule has 0 saturated carbocycles. The highest BCUT2D eigenvalue weighted by atomic mass is 32.2. The molecular weight excluding hydrogens is 274 g/mol. The van der Waals surface area contributed by atoms with Crippen LogP contribution in [0.5, 0.6) is 0 Å². The molecule has 1 aliphatic heterocycles. The Morgan fingerprint density at radius 1 is 1.26 bits per heavy atom. The van der Waals surface area contributed by atoms with Crippen LogP contribution in [0, 0.1) is 0 Å². The van der Waals surface area contributed by atoms with E-state index >= 15 is 0 Å². The molecule has 0 unspecified atom stereocenters.